The Morgan fingerprint density at radius 2 is 0.923 bits per heavy atom. The lowest BCUT2D eigenvalue weighted by Gasteiger charge is -1.93. The van der Waals surface area contributed by atoms with Gasteiger partial charge in [0, 0.05) is 1.43 Å². The van der Waals surface area contributed by atoms with Gasteiger partial charge in [-0.05, 0) is 7.05 Å². The van der Waals surface area contributed by atoms with Gasteiger partial charge in [0.2, 0.25) is 0 Å². The fraction of sp³-hybridized carbons (Fsp3) is 1.00. The third kappa shape index (κ3) is 48.2. The van der Waals surface area contributed by atoms with E-state index in [2.05, 4.69) is 33.4 Å². The van der Waals surface area contributed by atoms with Gasteiger partial charge in [0.05, 0.1) is 0 Å². The molecule has 13 heavy (non-hydrogen) atoms. The first-order valence-electron chi connectivity index (χ1n) is 5.91. The molecule has 0 aliphatic carbocycles. The maximum absolute atomic E-state index is 4.50. The smallest absolute Gasteiger partial charge is 0 e. The van der Waals surface area contributed by atoms with Gasteiger partial charge in [0.15, 0.2) is 0 Å². The van der Waals surface area contributed by atoms with Gasteiger partial charge < -0.3 is 5.73 Å². The molecule has 1 heteroatoms. The number of hydrogen-bond acceptors (Lipinski definition) is 1. The van der Waals surface area contributed by atoms with Crippen molar-refractivity contribution in [3.05, 3.63) is 0 Å². The van der Waals surface area contributed by atoms with Gasteiger partial charge in [-0.15, -0.1) is 0 Å². The summed E-state index contributed by atoms with van der Waals surface area (Å²) in [6.07, 6.45) is 9.74. The number of rotatable bonds is 5. The van der Waals surface area contributed by atoms with E-state index in [-0.39, 0.29) is 1.43 Å². The second-order valence-electron chi connectivity index (χ2n) is 3.12. The standard InChI is InChI=1S/C8H18.C3H8.CH5N.H2/c1-3-5-7-8-6-4-2;1-3-2;1-2;/h3-8H2,1-2H3;3H2,1-2H3;2H2,1H3;1H. The van der Waals surface area contributed by atoms with E-state index in [1.807, 2.05) is 0 Å². The topological polar surface area (TPSA) is 26.0 Å². The minimum atomic E-state index is 0. The predicted octanol–water partition coefficient (Wildman–Crippen LogP) is 4.60. The summed E-state index contributed by atoms with van der Waals surface area (Å²) < 4.78 is 0. The molecule has 86 valence electrons. The average molecular weight is 191 g/mol. The number of unbranched alkanes of at least 4 members (excludes halogenated alkanes) is 5. The van der Waals surface area contributed by atoms with Crippen LogP contribution in [-0.2, 0) is 0 Å². The van der Waals surface area contributed by atoms with Crippen LogP contribution in [0.1, 0.15) is 74.1 Å². The Morgan fingerprint density at radius 1 is 0.692 bits per heavy atom. The van der Waals surface area contributed by atoms with Crippen LogP contribution in [-0.4, -0.2) is 7.05 Å². The van der Waals surface area contributed by atoms with Gasteiger partial charge in [-0.1, -0.05) is 72.6 Å². The lowest BCUT2D eigenvalue weighted by molar-refractivity contribution is 0.624. The van der Waals surface area contributed by atoms with Crippen LogP contribution in [0.2, 0.25) is 0 Å². The Kier molecular flexibility index (Phi) is 42.6. The molecule has 0 bridgehead atoms. The molecular weight excluding hydrogens is 158 g/mol. The van der Waals surface area contributed by atoms with Crippen LogP contribution in [0, 0.1) is 0 Å². The summed E-state index contributed by atoms with van der Waals surface area (Å²) in [4.78, 5) is 0. The van der Waals surface area contributed by atoms with Crippen molar-refractivity contribution in [2.24, 2.45) is 5.73 Å². The minimum Gasteiger partial charge on any atom is -0.333 e. The van der Waals surface area contributed by atoms with E-state index in [9.17, 15) is 0 Å². The molecule has 0 aliphatic heterocycles. The van der Waals surface area contributed by atoms with Gasteiger partial charge in [-0.3, -0.25) is 0 Å². The summed E-state index contributed by atoms with van der Waals surface area (Å²) in [6.45, 7) is 8.76. The van der Waals surface area contributed by atoms with Crippen molar-refractivity contribution < 1.29 is 1.43 Å². The monoisotopic (exact) mass is 191 g/mol. The zero-order chi connectivity index (χ0) is 10.9. The Labute approximate surface area is 87.6 Å². The zero-order valence-corrected chi connectivity index (χ0v) is 10.5. The lowest BCUT2D eigenvalue weighted by Crippen LogP contribution is -1.73. The van der Waals surface area contributed by atoms with Crippen LogP contribution in [0.3, 0.4) is 0 Å². The molecule has 1 nitrogen and oxygen atoms in total. The summed E-state index contributed by atoms with van der Waals surface area (Å²) >= 11 is 0. The van der Waals surface area contributed by atoms with Gasteiger partial charge in [-0.2, -0.15) is 0 Å². The van der Waals surface area contributed by atoms with Crippen molar-refractivity contribution in [1.82, 2.24) is 0 Å². The first-order chi connectivity index (χ1) is 6.33. The molecule has 0 spiro atoms. The second kappa shape index (κ2) is 29.7. The minimum absolute atomic E-state index is 0. The molecular formula is C12H33N. The van der Waals surface area contributed by atoms with E-state index in [1.165, 1.54) is 52.0 Å². The van der Waals surface area contributed by atoms with E-state index in [1.54, 1.807) is 0 Å². The first-order valence-corrected chi connectivity index (χ1v) is 5.91. The maximum atomic E-state index is 4.50. The highest BCUT2D eigenvalue weighted by molar-refractivity contribution is 4.39. The molecule has 0 aromatic rings. The summed E-state index contributed by atoms with van der Waals surface area (Å²) in [6, 6.07) is 0. The first kappa shape index (κ1) is 18.7. The largest absolute Gasteiger partial charge is 0.333 e. The quantitative estimate of drug-likeness (QED) is 0.631. The highest BCUT2D eigenvalue weighted by Gasteiger charge is 1.83. The summed E-state index contributed by atoms with van der Waals surface area (Å²) in [5, 5.41) is 0. The molecule has 0 heterocycles. The molecule has 0 saturated heterocycles. The summed E-state index contributed by atoms with van der Waals surface area (Å²) in [7, 11) is 1.50. The van der Waals surface area contributed by atoms with Crippen molar-refractivity contribution in [1.29, 1.82) is 0 Å². The highest BCUT2D eigenvalue weighted by Crippen LogP contribution is 2.03. The molecule has 0 radical (unpaired) electrons. The molecule has 0 saturated carbocycles. The van der Waals surface area contributed by atoms with Crippen LogP contribution < -0.4 is 5.73 Å². The van der Waals surface area contributed by atoms with E-state index < -0.39 is 0 Å². The maximum Gasteiger partial charge on any atom is 0 e. The Hall–Kier alpha value is -0.0400. The van der Waals surface area contributed by atoms with Crippen molar-refractivity contribution in [3.63, 3.8) is 0 Å². The number of hydrogen-bond donors (Lipinski definition) is 1. The Balaban J connectivity index is -0.0000000716. The fourth-order valence-corrected chi connectivity index (χ4v) is 0.854. The van der Waals surface area contributed by atoms with Crippen LogP contribution in [0.25, 0.3) is 0 Å². The van der Waals surface area contributed by atoms with Crippen LogP contribution in [0.15, 0.2) is 0 Å². The van der Waals surface area contributed by atoms with Crippen molar-refractivity contribution in [2.75, 3.05) is 7.05 Å². The molecule has 0 unspecified atom stereocenters. The average Bonchev–Trinajstić information content (AvgIpc) is 2.17. The van der Waals surface area contributed by atoms with Gasteiger partial charge >= 0.3 is 0 Å². The Bertz CT molecular complexity index is 43.6. The third-order valence-electron chi connectivity index (χ3n) is 1.46. The normalized spacial score (nSPS) is 7.85. The third-order valence-corrected chi connectivity index (χ3v) is 1.46. The summed E-state index contributed by atoms with van der Waals surface area (Å²) in [5.74, 6) is 0. The molecule has 0 fully saturated rings. The molecule has 0 atom stereocenters. The Morgan fingerprint density at radius 3 is 1.08 bits per heavy atom. The van der Waals surface area contributed by atoms with E-state index in [0.717, 1.165) is 0 Å². The number of nitrogens with two attached hydrogens (primary N) is 1. The van der Waals surface area contributed by atoms with Crippen LogP contribution >= 0.6 is 0 Å². The fourth-order valence-electron chi connectivity index (χ4n) is 0.854. The van der Waals surface area contributed by atoms with Gasteiger partial charge in [0.25, 0.3) is 0 Å². The molecule has 0 aromatic carbocycles. The molecule has 0 amide bonds. The van der Waals surface area contributed by atoms with Crippen molar-refractivity contribution >= 4 is 0 Å². The van der Waals surface area contributed by atoms with Crippen molar-refractivity contribution in [2.45, 2.75) is 72.6 Å². The highest BCUT2D eigenvalue weighted by atomic mass is 14.4. The van der Waals surface area contributed by atoms with Gasteiger partial charge in [0.1, 0.15) is 0 Å². The van der Waals surface area contributed by atoms with Crippen LogP contribution in [0.5, 0.6) is 0 Å². The van der Waals surface area contributed by atoms with Crippen LogP contribution in [0.4, 0.5) is 0 Å². The predicted molar refractivity (Wildman–Crippen MR) is 67.2 cm³/mol. The van der Waals surface area contributed by atoms with E-state index in [0.29, 0.717) is 0 Å². The van der Waals surface area contributed by atoms with Crippen molar-refractivity contribution in [3.8, 4) is 0 Å². The molecule has 0 aliphatic rings. The van der Waals surface area contributed by atoms with E-state index in [4.69, 9.17) is 0 Å². The molecule has 0 rings (SSSR count). The van der Waals surface area contributed by atoms with E-state index >= 15 is 0 Å². The zero-order valence-electron chi connectivity index (χ0n) is 10.5. The molecule has 0 aromatic heterocycles. The van der Waals surface area contributed by atoms with Gasteiger partial charge in [-0.25, -0.2) is 0 Å². The summed E-state index contributed by atoms with van der Waals surface area (Å²) in [5.41, 5.74) is 4.50. The lowest BCUT2D eigenvalue weighted by atomic mass is 10.1. The molecule has 2 N–H and O–H groups in total. The second-order valence-corrected chi connectivity index (χ2v) is 3.12. The SMILES string of the molecule is CCC.CCCCCCCC.CN.[HH].